The molecule has 5 heteroatoms. The van der Waals surface area contributed by atoms with Gasteiger partial charge >= 0.3 is 0 Å². The maximum atomic E-state index is 5.45. The van der Waals surface area contributed by atoms with E-state index >= 15 is 0 Å². The summed E-state index contributed by atoms with van der Waals surface area (Å²) in [7, 11) is 0. The van der Waals surface area contributed by atoms with Crippen molar-refractivity contribution in [2.45, 2.75) is 12.3 Å². The van der Waals surface area contributed by atoms with Crippen LogP contribution >= 0.6 is 11.3 Å². The van der Waals surface area contributed by atoms with E-state index in [1.54, 1.807) is 0 Å². The number of hydrogen-bond donors (Lipinski definition) is 2. The van der Waals surface area contributed by atoms with E-state index in [1.807, 2.05) is 11.3 Å². The van der Waals surface area contributed by atoms with E-state index in [0.29, 0.717) is 0 Å². The number of nitrogens with zero attached hydrogens (tertiary/aromatic N) is 2. The first-order valence-corrected chi connectivity index (χ1v) is 21.9. The fourth-order valence-corrected chi connectivity index (χ4v) is 9.85. The summed E-state index contributed by atoms with van der Waals surface area (Å²) in [5.41, 5.74) is 13.8. The number of benzene rings is 9. The first-order chi connectivity index (χ1) is 30.7. The van der Waals surface area contributed by atoms with E-state index in [0.717, 1.165) is 39.6 Å². The van der Waals surface area contributed by atoms with Crippen LogP contribution in [0.25, 0.3) is 53.6 Å². The Morgan fingerprint density at radius 1 is 0.403 bits per heavy atom. The van der Waals surface area contributed by atoms with Crippen molar-refractivity contribution >= 4 is 54.4 Å². The molecule has 0 amide bonds. The molecule has 2 heterocycles. The molecule has 10 aromatic rings. The molecular formula is C57H42N4S. The van der Waals surface area contributed by atoms with Crippen molar-refractivity contribution in [2.75, 3.05) is 4.90 Å². The largest absolute Gasteiger partial charge is 0.350 e. The van der Waals surface area contributed by atoms with Gasteiger partial charge in [-0.25, -0.2) is 4.99 Å². The van der Waals surface area contributed by atoms with Crippen LogP contribution in [0.4, 0.5) is 17.1 Å². The molecule has 0 saturated heterocycles. The summed E-state index contributed by atoms with van der Waals surface area (Å²) in [6, 6.07) is 82.4. The second kappa shape index (κ2) is 16.5. The van der Waals surface area contributed by atoms with Gasteiger partial charge in [-0.2, -0.15) is 0 Å². The lowest BCUT2D eigenvalue weighted by Gasteiger charge is -2.32. The Kier molecular flexibility index (Phi) is 9.94. The molecule has 9 aromatic carbocycles. The Morgan fingerprint density at radius 3 is 1.63 bits per heavy atom. The lowest BCUT2D eigenvalue weighted by molar-refractivity contribution is 0.409. The van der Waals surface area contributed by atoms with Crippen LogP contribution in [-0.4, -0.2) is 5.84 Å². The zero-order valence-electron chi connectivity index (χ0n) is 33.9. The number of aliphatic imine (C=N–C) groups is 1. The third-order valence-corrected chi connectivity index (χ3v) is 12.9. The van der Waals surface area contributed by atoms with Crippen molar-refractivity contribution in [1.82, 2.24) is 10.6 Å². The SMILES string of the molecule is c1ccc(-c2ccc(N(c3cccc(-c4ccccc4)c3)c3ccc4c(c3)sc3cccc(C5=NC(c6cccc(-c7ccccc7)c6)NC(c6ccccc6)N5)c34)cc2)cc1. The van der Waals surface area contributed by atoms with Crippen molar-refractivity contribution in [2.24, 2.45) is 4.99 Å². The third kappa shape index (κ3) is 7.34. The number of nitrogens with one attached hydrogen (secondary N) is 2. The van der Waals surface area contributed by atoms with Gasteiger partial charge in [0.15, 0.2) is 0 Å². The Labute approximate surface area is 366 Å². The minimum Gasteiger partial charge on any atom is -0.350 e. The van der Waals surface area contributed by atoms with E-state index in [2.05, 4.69) is 246 Å². The summed E-state index contributed by atoms with van der Waals surface area (Å²) in [5.74, 6) is 0.875. The molecular weight excluding hydrogens is 773 g/mol. The van der Waals surface area contributed by atoms with Crippen molar-refractivity contribution in [1.29, 1.82) is 0 Å². The second-order valence-corrected chi connectivity index (χ2v) is 16.7. The molecule has 2 unspecified atom stereocenters. The first-order valence-electron chi connectivity index (χ1n) is 21.1. The molecule has 4 nitrogen and oxygen atoms in total. The van der Waals surface area contributed by atoms with Gasteiger partial charge in [0.1, 0.15) is 18.2 Å². The smallest absolute Gasteiger partial charge is 0.132 e. The summed E-state index contributed by atoms with van der Waals surface area (Å²) >= 11 is 1.83. The summed E-state index contributed by atoms with van der Waals surface area (Å²) in [4.78, 5) is 7.83. The van der Waals surface area contributed by atoms with Crippen molar-refractivity contribution in [3.63, 3.8) is 0 Å². The molecule has 296 valence electrons. The molecule has 0 spiro atoms. The number of hydrogen-bond acceptors (Lipinski definition) is 5. The average Bonchev–Trinajstić information content (AvgIpc) is 3.74. The molecule has 0 fully saturated rings. The van der Waals surface area contributed by atoms with E-state index in [-0.39, 0.29) is 12.3 Å². The molecule has 1 aliphatic rings. The number of anilines is 3. The molecule has 0 aliphatic carbocycles. The van der Waals surface area contributed by atoms with Crippen molar-refractivity contribution < 1.29 is 0 Å². The minimum atomic E-state index is -0.264. The zero-order chi connectivity index (χ0) is 41.2. The van der Waals surface area contributed by atoms with Crippen LogP contribution in [0.1, 0.15) is 29.0 Å². The monoisotopic (exact) mass is 814 g/mol. The number of fused-ring (bicyclic) bond motifs is 3. The van der Waals surface area contributed by atoms with Crippen LogP contribution in [0.3, 0.4) is 0 Å². The second-order valence-electron chi connectivity index (χ2n) is 15.7. The predicted molar refractivity (Wildman–Crippen MR) is 261 cm³/mol. The lowest BCUT2D eigenvalue weighted by Crippen LogP contribution is -2.45. The molecule has 11 rings (SSSR count). The van der Waals surface area contributed by atoms with Gasteiger partial charge in [-0.15, -0.1) is 11.3 Å². The topological polar surface area (TPSA) is 39.7 Å². The highest BCUT2D eigenvalue weighted by Gasteiger charge is 2.27. The highest BCUT2D eigenvalue weighted by Crippen LogP contribution is 2.43. The Hall–Kier alpha value is -7.57. The normalized spacial score (nSPS) is 14.9. The summed E-state index contributed by atoms with van der Waals surface area (Å²) in [5, 5.41) is 10.1. The fourth-order valence-electron chi connectivity index (χ4n) is 8.69. The zero-order valence-corrected chi connectivity index (χ0v) is 34.7. The third-order valence-electron chi connectivity index (χ3n) is 11.7. The van der Waals surface area contributed by atoms with E-state index in [4.69, 9.17) is 4.99 Å². The van der Waals surface area contributed by atoms with Gasteiger partial charge in [0.05, 0.1) is 0 Å². The summed E-state index contributed by atoms with van der Waals surface area (Å²) in [6.07, 6.45) is -0.408. The minimum absolute atomic E-state index is 0.144. The molecule has 0 radical (unpaired) electrons. The highest BCUT2D eigenvalue weighted by atomic mass is 32.1. The molecule has 1 aliphatic heterocycles. The molecule has 62 heavy (non-hydrogen) atoms. The summed E-state index contributed by atoms with van der Waals surface area (Å²) < 4.78 is 2.44. The first kappa shape index (κ1) is 37.4. The standard InChI is InChI=1S/C57H42N4S/c1-5-16-39(17-6-1)42-30-32-47(33-31-42)61(48-27-14-25-45(37-48)41-20-9-3-10-21-41)49-34-35-50-53(38-49)62-52-29-15-28-51(54(50)52)57-59-55(43-22-11-4-12-23-43)58-56(60-57)46-26-13-24-44(36-46)40-18-7-2-8-19-40/h1-38,55-56,58H,(H,59,60). The number of amidine groups is 1. The summed E-state index contributed by atoms with van der Waals surface area (Å²) in [6.45, 7) is 0. The quantitative estimate of drug-likeness (QED) is 0.152. The van der Waals surface area contributed by atoms with Crippen LogP contribution in [0.2, 0.25) is 0 Å². The van der Waals surface area contributed by atoms with E-state index < -0.39 is 0 Å². The lowest BCUT2D eigenvalue weighted by atomic mass is 10.00. The Morgan fingerprint density at radius 2 is 0.935 bits per heavy atom. The highest BCUT2D eigenvalue weighted by molar-refractivity contribution is 7.26. The number of rotatable bonds is 9. The van der Waals surface area contributed by atoms with E-state index in [9.17, 15) is 0 Å². The van der Waals surface area contributed by atoms with Crippen LogP contribution < -0.4 is 15.5 Å². The molecule has 2 N–H and O–H groups in total. The van der Waals surface area contributed by atoms with Gasteiger partial charge in [0.25, 0.3) is 0 Å². The van der Waals surface area contributed by atoms with Crippen LogP contribution in [0.5, 0.6) is 0 Å². The van der Waals surface area contributed by atoms with Crippen molar-refractivity contribution in [3.8, 4) is 33.4 Å². The molecule has 1 aromatic heterocycles. The molecule has 0 saturated carbocycles. The van der Waals surface area contributed by atoms with Gasteiger partial charge in [-0.05, 0) is 93.0 Å². The maximum absolute atomic E-state index is 5.45. The van der Waals surface area contributed by atoms with Gasteiger partial charge in [0.2, 0.25) is 0 Å². The van der Waals surface area contributed by atoms with Gasteiger partial charge in [0, 0.05) is 42.8 Å². The van der Waals surface area contributed by atoms with Gasteiger partial charge in [-0.3, -0.25) is 5.32 Å². The van der Waals surface area contributed by atoms with Crippen LogP contribution in [-0.2, 0) is 0 Å². The maximum Gasteiger partial charge on any atom is 0.132 e. The molecule has 2 atom stereocenters. The number of thiophene rings is 1. The van der Waals surface area contributed by atoms with Crippen molar-refractivity contribution in [3.05, 3.63) is 247 Å². The Balaban J connectivity index is 1.02. The average molecular weight is 815 g/mol. The van der Waals surface area contributed by atoms with Crippen LogP contribution in [0, 0.1) is 0 Å². The van der Waals surface area contributed by atoms with Gasteiger partial charge in [-0.1, -0.05) is 182 Å². The molecule has 0 bridgehead atoms. The fraction of sp³-hybridized carbons (Fsp3) is 0.0351. The van der Waals surface area contributed by atoms with Crippen LogP contribution in [0.15, 0.2) is 236 Å². The Bertz CT molecular complexity index is 3180. The predicted octanol–water partition coefficient (Wildman–Crippen LogP) is 14.9. The van der Waals surface area contributed by atoms with E-state index in [1.165, 1.54) is 53.6 Å². The van der Waals surface area contributed by atoms with Gasteiger partial charge < -0.3 is 10.2 Å².